The van der Waals surface area contributed by atoms with Crippen LogP contribution in [-0.2, 0) is 14.0 Å². The quantitative estimate of drug-likeness (QED) is 0.659. The summed E-state index contributed by atoms with van der Waals surface area (Å²) in [6, 6.07) is 0.410. The van der Waals surface area contributed by atoms with E-state index < -0.39 is 23.9 Å². The predicted molar refractivity (Wildman–Crippen MR) is 118 cm³/mol. The highest BCUT2D eigenvalue weighted by atomic mass is 16.7. The molecule has 9 heteroatoms. The largest absolute Gasteiger partial charge is 0.498 e. The van der Waals surface area contributed by atoms with Crippen LogP contribution in [0.5, 0.6) is 6.01 Å². The van der Waals surface area contributed by atoms with Crippen LogP contribution in [0.15, 0.2) is 12.4 Å². The number of carbonyl (C=O) groups excluding carboxylic acids is 1. The van der Waals surface area contributed by atoms with Crippen LogP contribution in [-0.4, -0.2) is 64.1 Å². The topological polar surface area (TPSA) is 83.0 Å². The van der Waals surface area contributed by atoms with Crippen molar-refractivity contribution in [2.45, 2.75) is 97.0 Å². The van der Waals surface area contributed by atoms with Crippen LogP contribution in [0.25, 0.3) is 0 Å². The van der Waals surface area contributed by atoms with E-state index in [1.807, 2.05) is 53.4 Å². The third kappa shape index (κ3) is 5.89. The SMILES string of the molecule is CC(C)(C)OC(=O)N1CCCCC1CCOc1ncc(B2OC(C)(C)C(C)(C)O2)cn1. The summed E-state index contributed by atoms with van der Waals surface area (Å²) in [4.78, 5) is 23.0. The molecule has 31 heavy (non-hydrogen) atoms. The predicted octanol–water partition coefficient (Wildman–Crippen LogP) is 3.33. The van der Waals surface area contributed by atoms with E-state index in [-0.39, 0.29) is 12.1 Å². The van der Waals surface area contributed by atoms with Crippen molar-refractivity contribution in [3.8, 4) is 6.01 Å². The van der Waals surface area contributed by atoms with Crippen LogP contribution in [0.1, 0.15) is 74.1 Å². The Labute approximate surface area is 186 Å². The van der Waals surface area contributed by atoms with Crippen molar-refractivity contribution in [3.63, 3.8) is 0 Å². The van der Waals surface area contributed by atoms with Gasteiger partial charge in [0.25, 0.3) is 0 Å². The van der Waals surface area contributed by atoms with Crippen LogP contribution >= 0.6 is 0 Å². The van der Waals surface area contributed by atoms with E-state index in [1.54, 1.807) is 12.4 Å². The van der Waals surface area contributed by atoms with Crippen molar-refractivity contribution < 1.29 is 23.6 Å². The van der Waals surface area contributed by atoms with E-state index in [1.165, 1.54) is 0 Å². The van der Waals surface area contributed by atoms with Gasteiger partial charge in [-0.1, -0.05) is 0 Å². The Kier molecular flexibility index (Phi) is 6.86. The lowest BCUT2D eigenvalue weighted by Crippen LogP contribution is -2.46. The number of nitrogens with zero attached hydrogens (tertiary/aromatic N) is 3. The summed E-state index contributed by atoms with van der Waals surface area (Å²) in [5, 5.41) is 0. The van der Waals surface area contributed by atoms with E-state index in [2.05, 4.69) is 9.97 Å². The molecule has 0 aromatic carbocycles. The number of hydrogen-bond acceptors (Lipinski definition) is 7. The maximum Gasteiger partial charge on any atom is 0.498 e. The van der Waals surface area contributed by atoms with Gasteiger partial charge in [-0.3, -0.25) is 0 Å². The van der Waals surface area contributed by atoms with Crippen LogP contribution in [0.4, 0.5) is 4.79 Å². The van der Waals surface area contributed by atoms with Crippen molar-refractivity contribution in [3.05, 3.63) is 12.4 Å². The summed E-state index contributed by atoms with van der Waals surface area (Å²) in [6.45, 7) is 14.9. The Morgan fingerprint density at radius 3 is 2.35 bits per heavy atom. The van der Waals surface area contributed by atoms with Gasteiger partial charge in [-0.15, -0.1) is 0 Å². The van der Waals surface area contributed by atoms with Crippen LogP contribution in [0.3, 0.4) is 0 Å². The molecule has 2 aliphatic heterocycles. The molecule has 2 saturated heterocycles. The highest BCUT2D eigenvalue weighted by Crippen LogP contribution is 2.36. The van der Waals surface area contributed by atoms with Crippen molar-refractivity contribution in [2.24, 2.45) is 0 Å². The maximum atomic E-state index is 12.5. The lowest BCUT2D eigenvalue weighted by Gasteiger charge is -2.36. The Balaban J connectivity index is 1.52. The Morgan fingerprint density at radius 1 is 1.16 bits per heavy atom. The first-order chi connectivity index (χ1) is 14.4. The third-order valence-corrected chi connectivity index (χ3v) is 6.11. The molecule has 8 nitrogen and oxygen atoms in total. The molecular weight excluding hydrogens is 397 g/mol. The first-order valence-electron chi connectivity index (χ1n) is 11.2. The molecule has 2 fully saturated rings. The molecule has 172 valence electrons. The summed E-state index contributed by atoms with van der Waals surface area (Å²) in [6.07, 6.45) is 6.87. The smallest absolute Gasteiger partial charge is 0.463 e. The highest BCUT2D eigenvalue weighted by molar-refractivity contribution is 6.61. The molecule has 3 heterocycles. The van der Waals surface area contributed by atoms with Crippen molar-refractivity contribution in [1.29, 1.82) is 0 Å². The molecule has 2 aliphatic rings. The van der Waals surface area contributed by atoms with E-state index >= 15 is 0 Å². The number of piperidine rings is 1. The molecule has 0 N–H and O–H groups in total. The van der Waals surface area contributed by atoms with Crippen LogP contribution in [0, 0.1) is 0 Å². The number of amides is 1. The fraction of sp³-hybridized carbons (Fsp3) is 0.773. The van der Waals surface area contributed by atoms with Gasteiger partial charge in [-0.25, -0.2) is 14.8 Å². The van der Waals surface area contributed by atoms with E-state index in [0.29, 0.717) is 19.0 Å². The first-order valence-corrected chi connectivity index (χ1v) is 11.2. The molecule has 0 radical (unpaired) electrons. The fourth-order valence-corrected chi connectivity index (χ4v) is 3.65. The van der Waals surface area contributed by atoms with Crippen LogP contribution in [0.2, 0.25) is 0 Å². The van der Waals surface area contributed by atoms with Gasteiger partial charge in [0.1, 0.15) is 5.60 Å². The van der Waals surface area contributed by atoms with Crippen molar-refractivity contribution >= 4 is 18.7 Å². The van der Waals surface area contributed by atoms with E-state index in [0.717, 1.165) is 31.3 Å². The minimum absolute atomic E-state index is 0.104. The maximum absolute atomic E-state index is 12.5. The molecule has 0 bridgehead atoms. The zero-order chi connectivity index (χ0) is 22.9. The van der Waals surface area contributed by atoms with Gasteiger partial charge in [0.15, 0.2) is 0 Å². The van der Waals surface area contributed by atoms with Gasteiger partial charge in [0.05, 0.1) is 17.8 Å². The fourth-order valence-electron chi connectivity index (χ4n) is 3.65. The first kappa shape index (κ1) is 23.8. The molecule has 1 aromatic heterocycles. The zero-order valence-corrected chi connectivity index (χ0v) is 19.9. The number of rotatable bonds is 5. The van der Waals surface area contributed by atoms with Gasteiger partial charge in [-0.2, -0.15) is 0 Å². The second-order valence-electron chi connectivity index (χ2n) is 10.3. The Hall–Kier alpha value is -1.87. The normalized spacial score (nSPS) is 23.0. The summed E-state index contributed by atoms with van der Waals surface area (Å²) < 4.78 is 23.4. The second-order valence-corrected chi connectivity index (χ2v) is 10.3. The Bertz CT molecular complexity index is 747. The average Bonchev–Trinajstić information content (AvgIpc) is 2.88. The minimum Gasteiger partial charge on any atom is -0.463 e. The zero-order valence-electron chi connectivity index (χ0n) is 19.9. The van der Waals surface area contributed by atoms with Crippen LogP contribution < -0.4 is 10.2 Å². The molecule has 1 aromatic rings. The molecule has 1 amide bonds. The van der Waals surface area contributed by atoms with Gasteiger partial charge in [0.2, 0.25) is 0 Å². The molecule has 3 rings (SSSR count). The molecule has 1 atom stereocenters. The third-order valence-electron chi connectivity index (χ3n) is 6.11. The van der Waals surface area contributed by atoms with E-state index in [4.69, 9.17) is 18.8 Å². The number of carbonyl (C=O) groups is 1. The summed E-state index contributed by atoms with van der Waals surface area (Å²) in [5.74, 6) is 0. The van der Waals surface area contributed by atoms with Crippen molar-refractivity contribution in [2.75, 3.05) is 13.2 Å². The number of hydrogen-bond donors (Lipinski definition) is 0. The second kappa shape index (κ2) is 8.94. The Morgan fingerprint density at radius 2 is 1.77 bits per heavy atom. The van der Waals surface area contributed by atoms with E-state index in [9.17, 15) is 4.79 Å². The number of aromatic nitrogens is 2. The minimum atomic E-state index is -0.498. The number of ether oxygens (including phenoxy) is 2. The van der Waals surface area contributed by atoms with Gasteiger partial charge in [-0.05, 0) is 67.7 Å². The van der Waals surface area contributed by atoms with Gasteiger partial charge in [0, 0.05) is 36.9 Å². The standard InChI is InChI=1S/C22H36BN3O5/c1-20(2,3)29-19(27)26-12-9-8-10-17(26)11-13-28-18-24-14-16(15-25-18)23-30-21(4,5)22(6,7)31-23/h14-15,17H,8-13H2,1-7H3. The number of likely N-dealkylation sites (tertiary alicyclic amines) is 1. The van der Waals surface area contributed by atoms with Crippen molar-refractivity contribution in [1.82, 2.24) is 14.9 Å². The summed E-state index contributed by atoms with van der Waals surface area (Å²) in [5.41, 5.74) is -0.559. The lowest BCUT2D eigenvalue weighted by molar-refractivity contribution is 0.00578. The molecule has 0 saturated carbocycles. The van der Waals surface area contributed by atoms with Gasteiger partial charge < -0.3 is 23.7 Å². The average molecular weight is 433 g/mol. The van der Waals surface area contributed by atoms with Gasteiger partial charge >= 0.3 is 19.2 Å². The molecule has 1 unspecified atom stereocenters. The molecular formula is C22H36BN3O5. The monoisotopic (exact) mass is 433 g/mol. The lowest BCUT2D eigenvalue weighted by atomic mass is 9.81. The molecule has 0 spiro atoms. The summed E-state index contributed by atoms with van der Waals surface area (Å²) >= 11 is 0. The highest BCUT2D eigenvalue weighted by Gasteiger charge is 2.52. The molecule has 0 aliphatic carbocycles. The summed E-state index contributed by atoms with van der Waals surface area (Å²) in [7, 11) is -0.497.